The lowest BCUT2D eigenvalue weighted by Gasteiger charge is -2.23. The van der Waals surface area contributed by atoms with Crippen molar-refractivity contribution in [2.75, 3.05) is 30.3 Å². The first-order chi connectivity index (χ1) is 7.53. The van der Waals surface area contributed by atoms with E-state index < -0.39 is 0 Å². The lowest BCUT2D eigenvalue weighted by molar-refractivity contribution is 0.161. The van der Waals surface area contributed by atoms with Gasteiger partial charge in [-0.15, -0.1) is 0 Å². The van der Waals surface area contributed by atoms with Gasteiger partial charge < -0.3 is 15.7 Å². The Balaban J connectivity index is 2.16. The van der Waals surface area contributed by atoms with Crippen molar-refractivity contribution in [3.8, 4) is 0 Å². The Morgan fingerprint density at radius 3 is 2.50 bits per heavy atom. The van der Waals surface area contributed by atoms with Crippen molar-refractivity contribution in [1.82, 2.24) is 0 Å². The highest BCUT2D eigenvalue weighted by Gasteiger charge is 2.38. The molecule has 1 atom stereocenters. The Kier molecular flexibility index (Phi) is 2.80. The van der Waals surface area contributed by atoms with E-state index in [1.165, 1.54) is 5.69 Å². The molecule has 0 saturated carbocycles. The SMILES string of the molecule is CC1(C)CN(c2ccc(N)cc2)C[C@H]1CO. The third-order valence-corrected chi connectivity index (χ3v) is 3.62. The summed E-state index contributed by atoms with van der Waals surface area (Å²) in [5.74, 6) is 0.352. The third-order valence-electron chi connectivity index (χ3n) is 3.62. The molecule has 3 heteroatoms. The van der Waals surface area contributed by atoms with E-state index in [1.54, 1.807) is 0 Å². The molecule has 1 aromatic carbocycles. The van der Waals surface area contributed by atoms with Gasteiger partial charge in [-0.1, -0.05) is 13.8 Å². The molecule has 0 aromatic heterocycles. The summed E-state index contributed by atoms with van der Waals surface area (Å²) in [6, 6.07) is 7.94. The summed E-state index contributed by atoms with van der Waals surface area (Å²) in [6.45, 7) is 6.60. The van der Waals surface area contributed by atoms with Gasteiger partial charge in [0.1, 0.15) is 0 Å². The molecule has 0 radical (unpaired) electrons. The number of hydrogen-bond acceptors (Lipinski definition) is 3. The zero-order valence-corrected chi connectivity index (χ0v) is 9.98. The number of rotatable bonds is 2. The van der Waals surface area contributed by atoms with Gasteiger partial charge >= 0.3 is 0 Å². The number of hydrogen-bond donors (Lipinski definition) is 2. The highest BCUT2D eigenvalue weighted by molar-refractivity contribution is 5.54. The largest absolute Gasteiger partial charge is 0.399 e. The normalized spacial score (nSPS) is 23.7. The number of aliphatic hydroxyl groups excluding tert-OH is 1. The monoisotopic (exact) mass is 220 g/mol. The van der Waals surface area contributed by atoms with Gasteiger partial charge in [-0.25, -0.2) is 0 Å². The molecule has 1 saturated heterocycles. The van der Waals surface area contributed by atoms with Gasteiger partial charge in [-0.2, -0.15) is 0 Å². The molecule has 1 heterocycles. The highest BCUT2D eigenvalue weighted by Crippen LogP contribution is 2.37. The summed E-state index contributed by atoms with van der Waals surface area (Å²) in [7, 11) is 0. The van der Waals surface area contributed by atoms with E-state index in [-0.39, 0.29) is 12.0 Å². The van der Waals surface area contributed by atoms with Crippen LogP contribution in [0.1, 0.15) is 13.8 Å². The average Bonchev–Trinajstić information content (AvgIpc) is 2.54. The lowest BCUT2D eigenvalue weighted by Crippen LogP contribution is -2.25. The fraction of sp³-hybridized carbons (Fsp3) is 0.538. The predicted octanol–water partition coefficient (Wildman–Crippen LogP) is 1.72. The Morgan fingerprint density at radius 1 is 1.38 bits per heavy atom. The molecule has 0 bridgehead atoms. The van der Waals surface area contributed by atoms with E-state index in [9.17, 15) is 5.11 Å². The quantitative estimate of drug-likeness (QED) is 0.746. The fourth-order valence-corrected chi connectivity index (χ4v) is 2.39. The summed E-state index contributed by atoms with van der Waals surface area (Å²) < 4.78 is 0. The first-order valence-corrected chi connectivity index (χ1v) is 5.74. The number of anilines is 2. The molecular formula is C13H20N2O. The van der Waals surface area contributed by atoms with Crippen LogP contribution >= 0.6 is 0 Å². The van der Waals surface area contributed by atoms with Gasteiger partial charge in [0.25, 0.3) is 0 Å². The van der Waals surface area contributed by atoms with Crippen LogP contribution in [-0.4, -0.2) is 24.8 Å². The van der Waals surface area contributed by atoms with Crippen molar-refractivity contribution in [2.45, 2.75) is 13.8 Å². The van der Waals surface area contributed by atoms with E-state index in [2.05, 4.69) is 18.7 Å². The zero-order chi connectivity index (χ0) is 11.8. The zero-order valence-electron chi connectivity index (χ0n) is 9.98. The number of aliphatic hydroxyl groups is 1. The Bertz CT molecular complexity index is 359. The molecule has 0 spiro atoms. The van der Waals surface area contributed by atoms with Gasteiger partial charge in [0.15, 0.2) is 0 Å². The molecule has 3 nitrogen and oxygen atoms in total. The van der Waals surface area contributed by atoms with Crippen molar-refractivity contribution >= 4 is 11.4 Å². The molecule has 1 aliphatic heterocycles. The maximum atomic E-state index is 9.36. The summed E-state index contributed by atoms with van der Waals surface area (Å²) in [5.41, 5.74) is 7.84. The molecule has 3 N–H and O–H groups in total. The molecular weight excluding hydrogens is 200 g/mol. The second-order valence-corrected chi connectivity index (χ2v) is 5.34. The highest BCUT2D eigenvalue weighted by atomic mass is 16.3. The van der Waals surface area contributed by atoms with Gasteiger partial charge in [-0.3, -0.25) is 0 Å². The number of nitrogen functional groups attached to an aromatic ring is 1. The van der Waals surface area contributed by atoms with Crippen molar-refractivity contribution in [3.05, 3.63) is 24.3 Å². The Labute approximate surface area is 96.9 Å². The molecule has 0 unspecified atom stereocenters. The van der Waals surface area contributed by atoms with Crippen LogP contribution in [0.4, 0.5) is 11.4 Å². The smallest absolute Gasteiger partial charge is 0.0481 e. The van der Waals surface area contributed by atoms with Crippen molar-refractivity contribution in [1.29, 1.82) is 0 Å². The molecule has 1 aliphatic rings. The first kappa shape index (κ1) is 11.3. The second kappa shape index (κ2) is 3.98. The van der Waals surface area contributed by atoms with Crippen LogP contribution in [-0.2, 0) is 0 Å². The Hall–Kier alpha value is -1.22. The number of nitrogens with two attached hydrogens (primary N) is 1. The molecule has 88 valence electrons. The minimum absolute atomic E-state index is 0.177. The van der Waals surface area contributed by atoms with Crippen LogP contribution in [0, 0.1) is 11.3 Å². The third kappa shape index (κ3) is 2.00. The molecule has 2 rings (SSSR count). The average molecular weight is 220 g/mol. The Morgan fingerprint density at radius 2 is 2.00 bits per heavy atom. The summed E-state index contributed by atoms with van der Waals surface area (Å²) in [4.78, 5) is 2.32. The van der Waals surface area contributed by atoms with Gasteiger partial charge in [-0.05, 0) is 29.7 Å². The van der Waals surface area contributed by atoms with E-state index in [1.807, 2.05) is 24.3 Å². The van der Waals surface area contributed by atoms with Crippen molar-refractivity contribution < 1.29 is 5.11 Å². The van der Waals surface area contributed by atoms with E-state index in [0.717, 1.165) is 18.8 Å². The van der Waals surface area contributed by atoms with Crippen LogP contribution in [0.15, 0.2) is 24.3 Å². The predicted molar refractivity (Wildman–Crippen MR) is 67.4 cm³/mol. The standard InChI is InChI=1S/C13H20N2O/c1-13(2)9-15(7-10(13)8-16)12-5-3-11(14)4-6-12/h3-6,10,16H,7-9,14H2,1-2H3/t10-/m0/s1. The minimum Gasteiger partial charge on any atom is -0.399 e. The van der Waals surface area contributed by atoms with Crippen LogP contribution in [0.2, 0.25) is 0 Å². The van der Waals surface area contributed by atoms with E-state index in [0.29, 0.717) is 5.92 Å². The first-order valence-electron chi connectivity index (χ1n) is 5.74. The van der Waals surface area contributed by atoms with Gasteiger partial charge in [0.05, 0.1) is 0 Å². The number of benzene rings is 1. The minimum atomic E-state index is 0.177. The summed E-state index contributed by atoms with van der Waals surface area (Å²) >= 11 is 0. The molecule has 0 amide bonds. The second-order valence-electron chi connectivity index (χ2n) is 5.34. The fourth-order valence-electron chi connectivity index (χ4n) is 2.39. The van der Waals surface area contributed by atoms with Crippen LogP contribution in [0.5, 0.6) is 0 Å². The molecule has 1 aromatic rings. The van der Waals surface area contributed by atoms with Crippen LogP contribution in [0.3, 0.4) is 0 Å². The summed E-state index contributed by atoms with van der Waals surface area (Å²) in [5, 5.41) is 9.36. The molecule has 16 heavy (non-hydrogen) atoms. The van der Waals surface area contributed by atoms with E-state index >= 15 is 0 Å². The van der Waals surface area contributed by atoms with Crippen molar-refractivity contribution in [2.24, 2.45) is 11.3 Å². The molecule has 0 aliphatic carbocycles. The van der Waals surface area contributed by atoms with E-state index in [4.69, 9.17) is 5.73 Å². The van der Waals surface area contributed by atoms with Gasteiger partial charge in [0, 0.05) is 37.0 Å². The van der Waals surface area contributed by atoms with Gasteiger partial charge in [0.2, 0.25) is 0 Å². The lowest BCUT2D eigenvalue weighted by atomic mass is 9.83. The number of nitrogens with zero attached hydrogens (tertiary/aromatic N) is 1. The maximum Gasteiger partial charge on any atom is 0.0481 e. The molecule has 1 fully saturated rings. The topological polar surface area (TPSA) is 49.5 Å². The van der Waals surface area contributed by atoms with Crippen LogP contribution in [0.25, 0.3) is 0 Å². The van der Waals surface area contributed by atoms with Crippen LogP contribution < -0.4 is 10.6 Å². The summed E-state index contributed by atoms with van der Waals surface area (Å²) in [6.07, 6.45) is 0. The van der Waals surface area contributed by atoms with Crippen molar-refractivity contribution in [3.63, 3.8) is 0 Å². The maximum absolute atomic E-state index is 9.36.